The molecule has 0 saturated heterocycles. The summed E-state index contributed by atoms with van der Waals surface area (Å²) in [6, 6.07) is 0. The molecule has 0 radical (unpaired) electrons. The molecule has 0 fully saturated rings. The van der Waals surface area contributed by atoms with E-state index in [1.807, 2.05) is 20.8 Å². The van der Waals surface area contributed by atoms with Crippen LogP contribution in [-0.4, -0.2) is 16.9 Å². The summed E-state index contributed by atoms with van der Waals surface area (Å²) < 4.78 is 5.19. The second kappa shape index (κ2) is 4.76. The molecular weight excluding hydrogens is 174 g/mol. The van der Waals surface area contributed by atoms with Crippen molar-refractivity contribution in [1.82, 2.24) is 0 Å². The van der Waals surface area contributed by atoms with Gasteiger partial charge in [-0.15, -0.1) is 0 Å². The summed E-state index contributed by atoms with van der Waals surface area (Å²) in [7, 11) is 0. The van der Waals surface area contributed by atoms with E-state index in [4.69, 9.17) is 4.42 Å². The topological polar surface area (TPSA) is 119 Å². The standard InChI is InChI=1S/C8H11NO2.2H2O/c1-4-5(2)7(8(9)10)11-6(4)3;;/h1-3H3,(H2,9,10);2*1H2. The highest BCUT2D eigenvalue weighted by atomic mass is 16.3. The average Bonchev–Trinajstić information content (AvgIpc) is 2.17. The number of quaternary nitrogens is 1. The van der Waals surface area contributed by atoms with E-state index in [9.17, 15) is 4.79 Å². The molecule has 6 N–H and O–H groups in total. The molecule has 0 bridgehead atoms. The monoisotopic (exact) mass is 189 g/mol. The summed E-state index contributed by atoms with van der Waals surface area (Å²) in [6.07, 6.45) is 0. The summed E-state index contributed by atoms with van der Waals surface area (Å²) in [5.41, 5.74) is 5.24. The normalized spacial score (nSPS) is 8.62. The van der Waals surface area contributed by atoms with Crippen molar-refractivity contribution in [2.75, 3.05) is 0 Å². The van der Waals surface area contributed by atoms with Gasteiger partial charge in [0.2, 0.25) is 5.76 Å². The molecule has 1 heterocycles. The number of aryl methyl sites for hydroxylation is 1. The van der Waals surface area contributed by atoms with Gasteiger partial charge in [0.05, 0.1) is 0 Å². The SMILES string of the molecule is Cc1oc(C([NH3+])=O)c(C)c1C.O.[OH-]. The van der Waals surface area contributed by atoms with Crippen molar-refractivity contribution in [2.24, 2.45) is 0 Å². The Bertz CT molecular complexity index is 303. The fourth-order valence-corrected chi connectivity index (χ4v) is 1.01. The van der Waals surface area contributed by atoms with Gasteiger partial charge in [-0.3, -0.25) is 5.73 Å². The van der Waals surface area contributed by atoms with Crippen molar-refractivity contribution in [3.8, 4) is 0 Å². The van der Waals surface area contributed by atoms with Gasteiger partial charge < -0.3 is 15.4 Å². The highest BCUT2D eigenvalue weighted by Crippen LogP contribution is 2.18. The molecule has 13 heavy (non-hydrogen) atoms. The average molecular weight is 189 g/mol. The van der Waals surface area contributed by atoms with Crippen LogP contribution in [0.15, 0.2) is 4.42 Å². The molecule has 0 aromatic carbocycles. The Balaban J connectivity index is 0. The first-order valence-corrected chi connectivity index (χ1v) is 3.47. The van der Waals surface area contributed by atoms with E-state index in [0.717, 1.165) is 16.9 Å². The summed E-state index contributed by atoms with van der Waals surface area (Å²) in [4.78, 5) is 10.8. The van der Waals surface area contributed by atoms with Gasteiger partial charge in [0.25, 0.3) is 0 Å². The minimum absolute atomic E-state index is 0. The number of hydrogen-bond acceptors (Lipinski definition) is 3. The quantitative estimate of drug-likeness (QED) is 0.646. The van der Waals surface area contributed by atoms with E-state index in [-0.39, 0.29) is 16.9 Å². The number of furan rings is 1. The third-order valence-electron chi connectivity index (χ3n) is 1.94. The smallest absolute Gasteiger partial charge is 0.376 e. The van der Waals surface area contributed by atoms with Crippen molar-refractivity contribution in [3.05, 3.63) is 22.6 Å². The second-order valence-corrected chi connectivity index (χ2v) is 2.66. The van der Waals surface area contributed by atoms with Crippen LogP contribution in [0.5, 0.6) is 0 Å². The maximum atomic E-state index is 10.8. The van der Waals surface area contributed by atoms with Crippen LogP contribution in [-0.2, 0) is 0 Å². The van der Waals surface area contributed by atoms with Crippen LogP contribution in [0.3, 0.4) is 0 Å². The molecule has 0 aliphatic carbocycles. The first-order chi connectivity index (χ1) is 5.04. The van der Waals surface area contributed by atoms with E-state index < -0.39 is 0 Å². The molecule has 0 atom stereocenters. The lowest BCUT2D eigenvalue weighted by molar-refractivity contribution is -0.257. The van der Waals surface area contributed by atoms with Gasteiger partial charge >= 0.3 is 5.91 Å². The Kier molecular flexibility index (Phi) is 5.26. The minimum Gasteiger partial charge on any atom is -0.870 e. The highest BCUT2D eigenvalue weighted by molar-refractivity contribution is 5.84. The first kappa shape index (κ1) is 14.4. The van der Waals surface area contributed by atoms with Crippen molar-refractivity contribution in [1.29, 1.82) is 0 Å². The lowest BCUT2D eigenvalue weighted by atomic mass is 10.1. The van der Waals surface area contributed by atoms with E-state index in [1.165, 1.54) is 0 Å². The van der Waals surface area contributed by atoms with E-state index >= 15 is 0 Å². The molecule has 0 aliphatic heterocycles. The van der Waals surface area contributed by atoms with Crippen molar-refractivity contribution >= 4 is 5.91 Å². The van der Waals surface area contributed by atoms with E-state index in [0.29, 0.717) is 5.76 Å². The summed E-state index contributed by atoms with van der Waals surface area (Å²) in [6.45, 7) is 5.64. The number of hydrogen-bond donors (Lipinski definition) is 1. The van der Waals surface area contributed by atoms with Crippen LogP contribution in [0.25, 0.3) is 0 Å². The molecule has 76 valence electrons. The van der Waals surface area contributed by atoms with Crippen molar-refractivity contribution in [3.63, 3.8) is 0 Å². The first-order valence-electron chi connectivity index (χ1n) is 3.47. The fourth-order valence-electron chi connectivity index (χ4n) is 1.01. The lowest BCUT2D eigenvalue weighted by Gasteiger charge is -1.86. The van der Waals surface area contributed by atoms with Gasteiger partial charge in [0.1, 0.15) is 5.76 Å². The Morgan fingerprint density at radius 3 is 1.85 bits per heavy atom. The Hall–Kier alpha value is -1.17. The van der Waals surface area contributed by atoms with Gasteiger partial charge in [-0.2, -0.15) is 0 Å². The third-order valence-corrected chi connectivity index (χ3v) is 1.94. The Labute approximate surface area is 76.1 Å². The zero-order valence-electron chi connectivity index (χ0n) is 7.97. The van der Waals surface area contributed by atoms with Crippen LogP contribution in [0.1, 0.15) is 27.4 Å². The molecule has 0 saturated carbocycles. The molecule has 0 aliphatic rings. The molecule has 5 nitrogen and oxygen atoms in total. The Morgan fingerprint density at radius 2 is 1.69 bits per heavy atom. The molecule has 5 heteroatoms. The lowest BCUT2D eigenvalue weighted by Crippen LogP contribution is -2.56. The van der Waals surface area contributed by atoms with Crippen LogP contribution < -0.4 is 5.73 Å². The largest absolute Gasteiger partial charge is 0.870 e. The highest BCUT2D eigenvalue weighted by Gasteiger charge is 2.16. The summed E-state index contributed by atoms with van der Waals surface area (Å²) in [5, 5.41) is 0. The summed E-state index contributed by atoms with van der Waals surface area (Å²) in [5.74, 6) is 0.938. The van der Waals surface area contributed by atoms with Crippen LogP contribution in [0, 0.1) is 20.8 Å². The molecule has 1 amide bonds. The third kappa shape index (κ3) is 2.38. The molecule has 1 rings (SSSR count). The zero-order valence-corrected chi connectivity index (χ0v) is 7.97. The maximum Gasteiger partial charge on any atom is 0.376 e. The number of carbonyl (C=O) groups excluding carboxylic acids is 1. The molecular formula is C8H15NO4. The van der Waals surface area contributed by atoms with Crippen LogP contribution >= 0.6 is 0 Å². The minimum atomic E-state index is -0.251. The Morgan fingerprint density at radius 1 is 1.23 bits per heavy atom. The van der Waals surface area contributed by atoms with E-state index in [2.05, 4.69) is 5.73 Å². The van der Waals surface area contributed by atoms with Crippen molar-refractivity contribution < 1.29 is 25.9 Å². The molecule has 1 aromatic rings. The van der Waals surface area contributed by atoms with Gasteiger partial charge in [0, 0.05) is 5.56 Å². The predicted octanol–water partition coefficient (Wildman–Crippen LogP) is -0.415. The molecule has 1 aromatic heterocycles. The predicted molar refractivity (Wildman–Crippen MR) is 45.7 cm³/mol. The molecule has 0 spiro atoms. The number of amides is 1. The summed E-state index contributed by atoms with van der Waals surface area (Å²) >= 11 is 0. The number of carbonyl (C=O) groups is 1. The maximum absolute atomic E-state index is 10.8. The van der Waals surface area contributed by atoms with Gasteiger partial charge in [-0.1, -0.05) is 0 Å². The second-order valence-electron chi connectivity index (χ2n) is 2.66. The van der Waals surface area contributed by atoms with Gasteiger partial charge in [-0.05, 0) is 26.3 Å². The molecule has 0 unspecified atom stereocenters. The van der Waals surface area contributed by atoms with Crippen molar-refractivity contribution in [2.45, 2.75) is 20.8 Å². The van der Waals surface area contributed by atoms with E-state index in [1.54, 1.807) is 0 Å². The zero-order chi connectivity index (χ0) is 8.59. The van der Waals surface area contributed by atoms with Gasteiger partial charge in [-0.25, -0.2) is 4.79 Å². The van der Waals surface area contributed by atoms with Gasteiger partial charge in [0.15, 0.2) is 0 Å². The van der Waals surface area contributed by atoms with Crippen LogP contribution in [0.2, 0.25) is 0 Å². The van der Waals surface area contributed by atoms with Crippen LogP contribution in [0.4, 0.5) is 0 Å². The number of rotatable bonds is 1. The fraction of sp³-hybridized carbons (Fsp3) is 0.375.